The molecule has 0 spiro atoms. The van der Waals surface area contributed by atoms with Gasteiger partial charge in [0.15, 0.2) is 5.82 Å². The number of halogens is 2. The number of nitrogens with zero attached hydrogens (tertiary/aromatic N) is 4. The van der Waals surface area contributed by atoms with Crippen molar-refractivity contribution >= 4 is 28.3 Å². The lowest BCUT2D eigenvalue weighted by molar-refractivity contribution is 0.00391. The molecule has 34 heavy (non-hydrogen) atoms. The molecule has 1 aliphatic carbocycles. The first-order valence-corrected chi connectivity index (χ1v) is 11.3. The highest BCUT2D eigenvalue weighted by atomic mass is 19.3. The Morgan fingerprint density at radius 2 is 2.03 bits per heavy atom. The number of nitrogens with one attached hydrogen (secondary N) is 2. The number of alkyl halides is 2. The highest BCUT2D eigenvalue weighted by Crippen LogP contribution is 2.46. The normalized spacial score (nSPS) is 21.6. The summed E-state index contributed by atoms with van der Waals surface area (Å²) in [7, 11) is 0. The number of carbonyl (C=O) groups excluding carboxylic acids is 1. The smallest absolute Gasteiger partial charge is 0.261 e. The summed E-state index contributed by atoms with van der Waals surface area (Å²) in [6, 6.07) is 8.00. The second-order valence-electron chi connectivity index (χ2n) is 9.08. The summed E-state index contributed by atoms with van der Waals surface area (Å²) in [5.74, 6) is -3.67. The summed E-state index contributed by atoms with van der Waals surface area (Å²) in [6.45, 7) is 3.36. The van der Waals surface area contributed by atoms with Gasteiger partial charge in [-0.25, -0.2) is 8.78 Å². The molecular weight excluding hydrogens is 442 g/mol. The molecule has 5 rings (SSSR count). The van der Waals surface area contributed by atoms with E-state index in [0.717, 1.165) is 31.5 Å². The fraction of sp³-hybridized carbons (Fsp3) is 0.417. The van der Waals surface area contributed by atoms with Gasteiger partial charge in [0.2, 0.25) is 0 Å². The van der Waals surface area contributed by atoms with Gasteiger partial charge in [-0.1, -0.05) is 0 Å². The molecule has 1 amide bonds. The Kier molecular flexibility index (Phi) is 5.35. The first-order chi connectivity index (χ1) is 16.3. The number of benzene rings is 1. The quantitative estimate of drug-likeness (QED) is 0.602. The summed E-state index contributed by atoms with van der Waals surface area (Å²) in [6.07, 6.45) is 2.40. The molecule has 3 aromatic rings. The number of hydrogen-bond acceptors (Lipinski definition) is 5. The van der Waals surface area contributed by atoms with Gasteiger partial charge in [0.05, 0.1) is 23.5 Å². The molecule has 3 heterocycles. The van der Waals surface area contributed by atoms with Gasteiger partial charge in [0.1, 0.15) is 5.39 Å². The predicted octanol–water partition coefficient (Wildman–Crippen LogP) is 4.12. The van der Waals surface area contributed by atoms with Crippen molar-refractivity contribution in [2.24, 2.45) is 5.92 Å². The number of hydrogen-bond donors (Lipinski definition) is 2. The Bertz CT molecular complexity index is 1370. The third-order valence-corrected chi connectivity index (χ3v) is 6.71. The van der Waals surface area contributed by atoms with Gasteiger partial charge in [0, 0.05) is 43.4 Å². The Morgan fingerprint density at radius 1 is 1.26 bits per heavy atom. The van der Waals surface area contributed by atoms with E-state index in [4.69, 9.17) is 0 Å². The van der Waals surface area contributed by atoms with E-state index in [1.54, 1.807) is 24.3 Å². The van der Waals surface area contributed by atoms with Crippen LogP contribution in [0.3, 0.4) is 0 Å². The van der Waals surface area contributed by atoms with Crippen molar-refractivity contribution in [2.75, 3.05) is 18.4 Å². The number of anilines is 2. The van der Waals surface area contributed by atoms with Gasteiger partial charge < -0.3 is 15.2 Å². The minimum atomic E-state index is -2.97. The number of aryl methyl sites for hydroxylation is 1. The number of likely N-dealkylation sites (tertiary alicyclic amines) is 1. The van der Waals surface area contributed by atoms with Crippen LogP contribution in [0.5, 0.6) is 0 Å². The number of pyridine rings is 1. The molecule has 0 unspecified atom stereocenters. The summed E-state index contributed by atoms with van der Waals surface area (Å²) in [5.41, 5.74) is 1.97. The molecule has 10 heteroatoms. The summed E-state index contributed by atoms with van der Waals surface area (Å²) < 4.78 is 29.6. The fourth-order valence-corrected chi connectivity index (χ4v) is 5.03. The Balaban J connectivity index is 1.50. The number of rotatable bonds is 4. The number of H-pyrrole nitrogens is 1. The Hall–Kier alpha value is -3.74. The fourth-order valence-electron chi connectivity index (χ4n) is 5.03. The minimum Gasteiger partial charge on any atom is -0.339 e. The lowest BCUT2D eigenvalue weighted by Gasteiger charge is -2.17. The van der Waals surface area contributed by atoms with Crippen molar-refractivity contribution in [2.45, 2.75) is 44.6 Å². The number of carbonyl (C=O) groups is 1. The van der Waals surface area contributed by atoms with E-state index >= 15 is 0 Å². The lowest BCUT2D eigenvalue weighted by atomic mass is 10.1. The van der Waals surface area contributed by atoms with Gasteiger partial charge in [-0.15, -0.1) is 0 Å². The van der Waals surface area contributed by atoms with Crippen LogP contribution in [-0.4, -0.2) is 44.6 Å². The van der Waals surface area contributed by atoms with Crippen LogP contribution >= 0.6 is 0 Å². The number of aromatic nitrogens is 3. The van der Waals surface area contributed by atoms with E-state index in [1.807, 2.05) is 17.9 Å². The van der Waals surface area contributed by atoms with Crippen LogP contribution in [-0.2, 0) is 0 Å². The number of amides is 1. The van der Waals surface area contributed by atoms with E-state index in [9.17, 15) is 23.6 Å². The largest absolute Gasteiger partial charge is 0.339 e. The summed E-state index contributed by atoms with van der Waals surface area (Å²) in [5, 5.41) is 17.2. The van der Waals surface area contributed by atoms with Crippen molar-refractivity contribution in [1.29, 1.82) is 5.26 Å². The second-order valence-corrected chi connectivity index (χ2v) is 9.08. The highest BCUT2D eigenvalue weighted by molar-refractivity contribution is 5.97. The molecule has 2 fully saturated rings. The van der Waals surface area contributed by atoms with Gasteiger partial charge in [-0.05, 0) is 49.6 Å². The molecule has 1 saturated heterocycles. The number of nitriles is 1. The van der Waals surface area contributed by atoms with E-state index < -0.39 is 36.3 Å². The Labute approximate surface area is 194 Å². The highest BCUT2D eigenvalue weighted by Gasteiger charge is 2.48. The van der Waals surface area contributed by atoms with Crippen molar-refractivity contribution in [3.63, 3.8) is 0 Å². The first kappa shape index (κ1) is 22.1. The summed E-state index contributed by atoms with van der Waals surface area (Å²) >= 11 is 0. The first-order valence-electron chi connectivity index (χ1n) is 11.3. The molecule has 2 aromatic heterocycles. The molecule has 1 aromatic carbocycles. The van der Waals surface area contributed by atoms with Crippen molar-refractivity contribution in [3.8, 4) is 6.07 Å². The maximum Gasteiger partial charge on any atom is 0.261 e. The van der Waals surface area contributed by atoms with Gasteiger partial charge >= 0.3 is 0 Å². The maximum atomic E-state index is 14.1. The zero-order valence-electron chi connectivity index (χ0n) is 18.6. The van der Waals surface area contributed by atoms with Crippen LogP contribution in [0.2, 0.25) is 0 Å². The zero-order valence-corrected chi connectivity index (χ0v) is 18.6. The molecule has 0 bridgehead atoms. The van der Waals surface area contributed by atoms with Crippen molar-refractivity contribution in [1.82, 2.24) is 19.7 Å². The van der Waals surface area contributed by atoms with E-state index in [0.29, 0.717) is 16.8 Å². The predicted molar refractivity (Wildman–Crippen MR) is 122 cm³/mol. The van der Waals surface area contributed by atoms with Gasteiger partial charge in [-0.3, -0.25) is 14.3 Å². The van der Waals surface area contributed by atoms with E-state index in [2.05, 4.69) is 15.4 Å². The second kappa shape index (κ2) is 8.24. The molecule has 0 radical (unpaired) electrons. The van der Waals surface area contributed by atoms with Gasteiger partial charge in [-0.2, -0.15) is 10.4 Å². The minimum absolute atomic E-state index is 0.00238. The average Bonchev–Trinajstić information content (AvgIpc) is 3.51. The van der Waals surface area contributed by atoms with E-state index in [-0.39, 0.29) is 17.1 Å². The molecule has 2 atom stereocenters. The molecule has 176 valence electrons. The van der Waals surface area contributed by atoms with Gasteiger partial charge in [0.25, 0.3) is 17.4 Å². The van der Waals surface area contributed by atoms with Crippen LogP contribution in [0.15, 0.2) is 35.3 Å². The van der Waals surface area contributed by atoms with Crippen LogP contribution in [0, 0.1) is 24.2 Å². The topological polar surface area (TPSA) is 107 Å². The van der Waals surface area contributed by atoms with E-state index in [1.165, 1.54) is 10.9 Å². The molecule has 2 N–H and O–H groups in total. The molecule has 2 aliphatic rings. The van der Waals surface area contributed by atoms with Crippen molar-refractivity contribution in [3.05, 3.63) is 51.9 Å². The SMILES string of the molecule is Cc1cc(Nc2nn([C@H]3CC(F)(F)C[C@H]3C#N)c3cc[nH]c(=O)c23)ccc1C(=O)N1CCCC1. The number of fused-ring (bicyclic) bond motifs is 1. The molecule has 1 saturated carbocycles. The summed E-state index contributed by atoms with van der Waals surface area (Å²) in [4.78, 5) is 29.9. The number of aromatic amines is 1. The third-order valence-electron chi connectivity index (χ3n) is 6.71. The monoisotopic (exact) mass is 466 g/mol. The van der Waals surface area contributed by atoms with Crippen LogP contribution in [0.25, 0.3) is 10.9 Å². The lowest BCUT2D eigenvalue weighted by Crippen LogP contribution is -2.28. The van der Waals surface area contributed by atoms with Crippen LogP contribution < -0.4 is 10.9 Å². The standard InChI is InChI=1S/C24H24F2N6O2/c1-14-10-16(4-5-17(14)23(34)31-8-2-3-9-31)29-21-20-18(6-7-28-22(20)33)32(30-21)19-12-24(25,26)11-15(19)13-27/h4-7,10,15,19H,2-3,8-9,11-12H2,1H3,(H,28,33)(H,29,30)/t15-,19-/m0/s1. The zero-order chi connectivity index (χ0) is 24.0. The third kappa shape index (κ3) is 3.81. The molecule has 1 aliphatic heterocycles. The van der Waals surface area contributed by atoms with Crippen LogP contribution in [0.1, 0.15) is 47.6 Å². The maximum absolute atomic E-state index is 14.1. The molecular formula is C24H24F2N6O2. The average molecular weight is 466 g/mol. The Morgan fingerprint density at radius 3 is 2.74 bits per heavy atom. The molecule has 8 nitrogen and oxygen atoms in total. The van der Waals surface area contributed by atoms with Crippen molar-refractivity contribution < 1.29 is 13.6 Å². The van der Waals surface area contributed by atoms with Crippen LogP contribution in [0.4, 0.5) is 20.3 Å².